The van der Waals surface area contributed by atoms with Crippen molar-refractivity contribution in [3.8, 4) is 0 Å². The highest BCUT2D eigenvalue weighted by Gasteiger charge is 2.35. The van der Waals surface area contributed by atoms with Gasteiger partial charge in [-0.2, -0.15) is 0 Å². The lowest BCUT2D eigenvalue weighted by atomic mass is 9.68. The molecule has 108 valence electrons. The van der Waals surface area contributed by atoms with E-state index >= 15 is 0 Å². The maximum absolute atomic E-state index is 10.2. The molecule has 0 radical (unpaired) electrons. The summed E-state index contributed by atoms with van der Waals surface area (Å²) in [5.41, 5.74) is 0.389. The van der Waals surface area contributed by atoms with Crippen LogP contribution in [0.2, 0.25) is 0 Å². The number of rotatable bonds is 5. The van der Waals surface area contributed by atoms with Crippen molar-refractivity contribution in [2.75, 3.05) is 19.6 Å². The van der Waals surface area contributed by atoms with E-state index in [0.29, 0.717) is 11.3 Å². The summed E-state index contributed by atoms with van der Waals surface area (Å²) in [5, 5.41) is 10.2. The summed E-state index contributed by atoms with van der Waals surface area (Å²) in [7, 11) is 0. The molecule has 3 unspecified atom stereocenters. The van der Waals surface area contributed by atoms with Crippen molar-refractivity contribution < 1.29 is 5.11 Å². The Hall–Kier alpha value is -0.0800. The number of aliphatic hydroxyl groups is 1. The van der Waals surface area contributed by atoms with Crippen molar-refractivity contribution >= 4 is 0 Å². The molecule has 0 heterocycles. The minimum atomic E-state index is -0.0745. The van der Waals surface area contributed by atoms with Gasteiger partial charge in [0, 0.05) is 6.54 Å². The second kappa shape index (κ2) is 6.91. The normalized spacial score (nSPS) is 29.8. The van der Waals surface area contributed by atoms with Crippen LogP contribution < -0.4 is 0 Å². The van der Waals surface area contributed by atoms with E-state index in [9.17, 15) is 5.11 Å². The largest absolute Gasteiger partial charge is 0.393 e. The first-order valence-corrected chi connectivity index (χ1v) is 7.78. The predicted octanol–water partition coefficient (Wildman–Crippen LogP) is 3.54. The molecule has 0 saturated heterocycles. The molecule has 0 spiro atoms. The first kappa shape index (κ1) is 16.0. The Bertz CT molecular complexity index is 234. The third-order valence-electron chi connectivity index (χ3n) is 4.65. The fourth-order valence-electron chi connectivity index (χ4n) is 3.26. The number of aliphatic hydroxyl groups excluding tert-OH is 1. The van der Waals surface area contributed by atoms with Gasteiger partial charge in [-0.1, -0.05) is 34.6 Å². The lowest BCUT2D eigenvalue weighted by molar-refractivity contribution is 0.00392. The van der Waals surface area contributed by atoms with Crippen LogP contribution in [0.1, 0.15) is 60.3 Å². The second-order valence-corrected chi connectivity index (χ2v) is 7.10. The SMILES string of the molecule is CCCN(CC)CC1CC(C(C)(C)C)CCC1O. The van der Waals surface area contributed by atoms with E-state index in [2.05, 4.69) is 39.5 Å². The summed E-state index contributed by atoms with van der Waals surface area (Å²) in [5.74, 6) is 1.25. The molecule has 1 rings (SSSR count). The molecule has 1 aliphatic carbocycles. The van der Waals surface area contributed by atoms with Crippen LogP contribution in [0.3, 0.4) is 0 Å². The highest BCUT2D eigenvalue weighted by Crippen LogP contribution is 2.40. The lowest BCUT2D eigenvalue weighted by Gasteiger charge is -2.41. The third kappa shape index (κ3) is 4.55. The van der Waals surface area contributed by atoms with Crippen LogP contribution in [-0.4, -0.2) is 35.7 Å². The molecular formula is C16H33NO. The average molecular weight is 255 g/mol. The minimum Gasteiger partial charge on any atom is -0.393 e. The smallest absolute Gasteiger partial charge is 0.0580 e. The molecule has 0 aromatic carbocycles. The highest BCUT2D eigenvalue weighted by atomic mass is 16.3. The summed E-state index contributed by atoms with van der Waals surface area (Å²) in [6.07, 6.45) is 4.52. The van der Waals surface area contributed by atoms with E-state index in [1.165, 1.54) is 25.8 Å². The first-order chi connectivity index (χ1) is 8.38. The summed E-state index contributed by atoms with van der Waals surface area (Å²) < 4.78 is 0. The van der Waals surface area contributed by atoms with Crippen LogP contribution in [0.5, 0.6) is 0 Å². The van der Waals surface area contributed by atoms with E-state index in [-0.39, 0.29) is 6.10 Å². The van der Waals surface area contributed by atoms with Gasteiger partial charge in [0.2, 0.25) is 0 Å². The van der Waals surface area contributed by atoms with Gasteiger partial charge in [-0.25, -0.2) is 0 Å². The van der Waals surface area contributed by atoms with Gasteiger partial charge in [0.1, 0.15) is 0 Å². The monoisotopic (exact) mass is 255 g/mol. The van der Waals surface area contributed by atoms with Gasteiger partial charge in [-0.15, -0.1) is 0 Å². The van der Waals surface area contributed by atoms with Gasteiger partial charge in [0.25, 0.3) is 0 Å². The Morgan fingerprint density at radius 3 is 2.33 bits per heavy atom. The zero-order chi connectivity index (χ0) is 13.8. The predicted molar refractivity (Wildman–Crippen MR) is 78.7 cm³/mol. The summed E-state index contributed by atoms with van der Waals surface area (Å²) in [6, 6.07) is 0. The number of nitrogens with zero attached hydrogens (tertiary/aromatic N) is 1. The van der Waals surface area contributed by atoms with Crippen LogP contribution in [-0.2, 0) is 0 Å². The molecule has 0 aromatic rings. The fourth-order valence-corrected chi connectivity index (χ4v) is 3.26. The Morgan fingerprint density at radius 2 is 1.83 bits per heavy atom. The zero-order valence-corrected chi connectivity index (χ0v) is 13.1. The van der Waals surface area contributed by atoms with Gasteiger partial charge in [0.05, 0.1) is 6.10 Å². The average Bonchev–Trinajstić information content (AvgIpc) is 2.29. The summed E-state index contributed by atoms with van der Waals surface area (Å²) in [4.78, 5) is 2.50. The van der Waals surface area contributed by atoms with Crippen LogP contribution >= 0.6 is 0 Å². The first-order valence-electron chi connectivity index (χ1n) is 7.78. The maximum atomic E-state index is 10.2. The summed E-state index contributed by atoms with van der Waals surface area (Å²) >= 11 is 0. The van der Waals surface area contributed by atoms with Crippen LogP contribution in [0.25, 0.3) is 0 Å². The van der Waals surface area contributed by atoms with Crippen molar-refractivity contribution in [3.63, 3.8) is 0 Å². The van der Waals surface area contributed by atoms with Gasteiger partial charge in [0.15, 0.2) is 0 Å². The number of hydrogen-bond acceptors (Lipinski definition) is 2. The molecule has 0 amide bonds. The summed E-state index contributed by atoms with van der Waals surface area (Å²) in [6.45, 7) is 14.8. The lowest BCUT2D eigenvalue weighted by Crippen LogP contribution is -2.41. The van der Waals surface area contributed by atoms with E-state index in [0.717, 1.165) is 25.4 Å². The molecule has 0 aromatic heterocycles. The molecule has 2 heteroatoms. The molecule has 1 aliphatic rings. The van der Waals surface area contributed by atoms with Crippen molar-refractivity contribution in [1.29, 1.82) is 0 Å². The molecule has 18 heavy (non-hydrogen) atoms. The van der Waals surface area contributed by atoms with E-state index in [1.54, 1.807) is 0 Å². The molecule has 1 saturated carbocycles. The third-order valence-corrected chi connectivity index (χ3v) is 4.65. The highest BCUT2D eigenvalue weighted by molar-refractivity contribution is 4.86. The van der Waals surface area contributed by atoms with Gasteiger partial charge < -0.3 is 10.0 Å². The van der Waals surface area contributed by atoms with Crippen molar-refractivity contribution in [3.05, 3.63) is 0 Å². The molecule has 0 bridgehead atoms. The second-order valence-electron chi connectivity index (χ2n) is 7.10. The van der Waals surface area contributed by atoms with Crippen molar-refractivity contribution in [1.82, 2.24) is 4.90 Å². The minimum absolute atomic E-state index is 0.0745. The quantitative estimate of drug-likeness (QED) is 0.812. The van der Waals surface area contributed by atoms with Crippen LogP contribution in [0.4, 0.5) is 0 Å². The van der Waals surface area contributed by atoms with Crippen LogP contribution in [0.15, 0.2) is 0 Å². The van der Waals surface area contributed by atoms with Gasteiger partial charge in [-0.05, 0) is 56.0 Å². The van der Waals surface area contributed by atoms with Crippen LogP contribution in [0, 0.1) is 17.3 Å². The molecule has 1 fully saturated rings. The van der Waals surface area contributed by atoms with Crippen molar-refractivity contribution in [2.24, 2.45) is 17.3 Å². The number of hydrogen-bond donors (Lipinski definition) is 1. The molecule has 3 atom stereocenters. The van der Waals surface area contributed by atoms with Gasteiger partial charge in [-0.3, -0.25) is 0 Å². The van der Waals surface area contributed by atoms with Gasteiger partial charge >= 0.3 is 0 Å². The van der Waals surface area contributed by atoms with E-state index in [1.807, 2.05) is 0 Å². The Kier molecular flexibility index (Phi) is 6.13. The van der Waals surface area contributed by atoms with E-state index < -0.39 is 0 Å². The standard InChI is InChI=1S/C16H33NO/c1-6-10-17(7-2)12-13-11-14(16(3,4)5)8-9-15(13)18/h13-15,18H,6-12H2,1-5H3. The maximum Gasteiger partial charge on any atom is 0.0580 e. The Balaban J connectivity index is 2.56. The van der Waals surface area contributed by atoms with Crippen molar-refractivity contribution in [2.45, 2.75) is 66.4 Å². The molecular weight excluding hydrogens is 222 g/mol. The zero-order valence-electron chi connectivity index (χ0n) is 13.1. The fraction of sp³-hybridized carbons (Fsp3) is 1.00. The topological polar surface area (TPSA) is 23.5 Å². The van der Waals surface area contributed by atoms with E-state index in [4.69, 9.17) is 0 Å². The molecule has 0 aliphatic heterocycles. The Labute approximate surface area is 114 Å². The molecule has 2 nitrogen and oxygen atoms in total. The Morgan fingerprint density at radius 1 is 1.17 bits per heavy atom. The molecule has 1 N–H and O–H groups in total.